The van der Waals surface area contributed by atoms with Crippen molar-refractivity contribution >= 4 is 32.8 Å². The molecule has 0 bridgehead atoms. The number of primary amides is 1. The number of benzene rings is 2. The molecular weight excluding hydrogens is 561 g/mol. The minimum Gasteiger partial charge on any atom is -0.475 e. The molecule has 13 heteroatoms. The largest absolute Gasteiger partial charge is 0.490 e. The van der Waals surface area contributed by atoms with Crippen LogP contribution in [0.3, 0.4) is 0 Å². The van der Waals surface area contributed by atoms with E-state index < -0.39 is 28.1 Å². The number of carboxylic acids is 1. The van der Waals surface area contributed by atoms with E-state index in [0.717, 1.165) is 53.4 Å². The number of aromatic nitrogens is 1. The Morgan fingerprint density at radius 1 is 1.10 bits per heavy atom. The highest BCUT2D eigenvalue weighted by molar-refractivity contribution is 7.89. The summed E-state index contributed by atoms with van der Waals surface area (Å²) in [6.07, 6.45) is 0.700. The number of piperidine rings is 1. The fourth-order valence-corrected chi connectivity index (χ4v) is 6.62. The lowest BCUT2D eigenvalue weighted by atomic mass is 9.88. The Morgan fingerprint density at radius 3 is 2.34 bits per heavy atom. The number of nitrogens with one attached hydrogen (secondary N) is 2. The summed E-state index contributed by atoms with van der Waals surface area (Å²) >= 11 is 0. The zero-order valence-electron chi connectivity index (χ0n) is 22.5. The first kappa shape index (κ1) is 30.5. The van der Waals surface area contributed by atoms with Crippen LogP contribution >= 0.6 is 0 Å². The molecule has 2 aliphatic rings. The van der Waals surface area contributed by atoms with Crippen molar-refractivity contribution in [1.29, 1.82) is 0 Å². The highest BCUT2D eigenvalue weighted by Gasteiger charge is 2.38. The van der Waals surface area contributed by atoms with Crippen molar-refractivity contribution < 1.29 is 36.3 Å². The molecule has 1 unspecified atom stereocenters. The summed E-state index contributed by atoms with van der Waals surface area (Å²) in [5, 5.41) is 11.7. The Balaban J connectivity index is 0.000000493. The van der Waals surface area contributed by atoms with Crippen LogP contribution in [0.2, 0.25) is 0 Å². The van der Waals surface area contributed by atoms with Crippen LogP contribution in [0.25, 0.3) is 22.0 Å². The summed E-state index contributed by atoms with van der Waals surface area (Å²) < 4.78 is 57.9. The third-order valence-electron chi connectivity index (χ3n) is 7.66. The lowest BCUT2D eigenvalue weighted by molar-refractivity contribution is -0.192. The molecule has 9 nitrogen and oxygen atoms in total. The fraction of sp³-hybridized carbons (Fsp3) is 0.429. The number of carbonyl (C=O) groups is 2. The molecule has 3 aromatic rings. The molecule has 41 heavy (non-hydrogen) atoms. The summed E-state index contributed by atoms with van der Waals surface area (Å²) in [4.78, 5) is 24.5. The zero-order valence-corrected chi connectivity index (χ0v) is 23.3. The third kappa shape index (κ3) is 6.91. The van der Waals surface area contributed by atoms with E-state index in [9.17, 15) is 26.4 Å². The Bertz CT molecular complexity index is 1520. The van der Waals surface area contributed by atoms with Crippen molar-refractivity contribution in [2.75, 3.05) is 25.4 Å². The van der Waals surface area contributed by atoms with Gasteiger partial charge in [-0.1, -0.05) is 18.2 Å². The number of amides is 1. The average Bonchev–Trinajstić information content (AvgIpc) is 3.63. The molecule has 0 aliphatic carbocycles. The van der Waals surface area contributed by atoms with Crippen LogP contribution in [0.15, 0.2) is 42.6 Å². The summed E-state index contributed by atoms with van der Waals surface area (Å²) in [6, 6.07) is 12.9. The van der Waals surface area contributed by atoms with E-state index in [1.807, 2.05) is 12.3 Å². The van der Waals surface area contributed by atoms with E-state index in [-0.39, 0.29) is 11.7 Å². The average molecular weight is 595 g/mol. The first-order valence-corrected chi connectivity index (χ1v) is 15.0. The number of hydrogen-bond donors (Lipinski definition) is 4. The monoisotopic (exact) mass is 594 g/mol. The number of aliphatic carboxylic acids is 1. The van der Waals surface area contributed by atoms with Crippen LogP contribution in [-0.2, 0) is 14.8 Å². The van der Waals surface area contributed by atoms with Gasteiger partial charge in [-0.25, -0.2) is 17.5 Å². The number of carboxylic acid groups (broad SMARTS) is 1. The molecule has 2 aromatic carbocycles. The molecule has 3 heterocycles. The van der Waals surface area contributed by atoms with Gasteiger partial charge in [0.15, 0.2) is 0 Å². The topological polar surface area (TPSA) is 146 Å². The lowest BCUT2D eigenvalue weighted by Gasteiger charge is -2.31. The quantitative estimate of drug-likeness (QED) is 0.330. The molecule has 0 saturated carbocycles. The molecule has 1 atom stereocenters. The smallest absolute Gasteiger partial charge is 0.475 e. The van der Waals surface area contributed by atoms with Gasteiger partial charge in [0, 0.05) is 30.7 Å². The third-order valence-corrected chi connectivity index (χ3v) is 9.55. The zero-order chi connectivity index (χ0) is 29.9. The molecule has 5 rings (SSSR count). The van der Waals surface area contributed by atoms with Crippen LogP contribution < -0.4 is 11.1 Å². The number of fused-ring (bicyclic) bond motifs is 1. The van der Waals surface area contributed by atoms with Crippen molar-refractivity contribution in [1.82, 2.24) is 14.6 Å². The van der Waals surface area contributed by atoms with E-state index >= 15 is 0 Å². The second-order valence-electron chi connectivity index (χ2n) is 10.2. The highest BCUT2D eigenvalue weighted by atomic mass is 32.2. The number of carbonyl (C=O) groups excluding carboxylic acids is 1. The minimum absolute atomic E-state index is 0.130. The van der Waals surface area contributed by atoms with E-state index in [1.165, 1.54) is 12.0 Å². The first-order chi connectivity index (χ1) is 19.3. The van der Waals surface area contributed by atoms with Gasteiger partial charge in [0.2, 0.25) is 10.0 Å². The molecule has 0 radical (unpaired) electrons. The van der Waals surface area contributed by atoms with Crippen molar-refractivity contribution in [3.05, 3.63) is 59.3 Å². The minimum atomic E-state index is -5.08. The lowest BCUT2D eigenvalue weighted by Crippen LogP contribution is -2.38. The van der Waals surface area contributed by atoms with Gasteiger partial charge in [-0.05, 0) is 85.5 Å². The molecule has 0 spiro atoms. The van der Waals surface area contributed by atoms with Gasteiger partial charge < -0.3 is 21.1 Å². The van der Waals surface area contributed by atoms with Crippen molar-refractivity contribution in [2.45, 2.75) is 50.7 Å². The predicted molar refractivity (Wildman–Crippen MR) is 149 cm³/mol. The molecule has 1 amide bonds. The number of rotatable bonds is 6. The van der Waals surface area contributed by atoms with Gasteiger partial charge in [-0.3, -0.25) is 4.79 Å². The van der Waals surface area contributed by atoms with Crippen LogP contribution in [0, 0.1) is 0 Å². The number of nitrogens with zero attached hydrogens (tertiary/aromatic N) is 1. The van der Waals surface area contributed by atoms with Gasteiger partial charge in [-0.2, -0.15) is 13.2 Å². The van der Waals surface area contributed by atoms with Gasteiger partial charge in [0.25, 0.3) is 5.91 Å². The molecule has 2 aliphatic heterocycles. The number of hydrogen-bond acceptors (Lipinski definition) is 5. The number of nitrogens with two attached hydrogens (primary N) is 1. The highest BCUT2D eigenvalue weighted by Crippen LogP contribution is 2.38. The van der Waals surface area contributed by atoms with Crippen LogP contribution in [0.4, 0.5) is 13.2 Å². The van der Waals surface area contributed by atoms with Crippen LogP contribution in [0.1, 0.15) is 66.1 Å². The van der Waals surface area contributed by atoms with Crippen LogP contribution in [0.5, 0.6) is 0 Å². The maximum atomic E-state index is 12.4. The number of alkyl halides is 3. The Hall–Kier alpha value is -3.42. The number of sulfonamides is 1. The van der Waals surface area contributed by atoms with Crippen molar-refractivity contribution in [2.24, 2.45) is 5.73 Å². The van der Waals surface area contributed by atoms with E-state index in [4.69, 9.17) is 15.6 Å². The molecule has 2 saturated heterocycles. The van der Waals surface area contributed by atoms with Gasteiger partial charge >= 0.3 is 12.1 Å². The normalized spacial score (nSPS) is 18.7. The maximum Gasteiger partial charge on any atom is 0.490 e. The summed E-state index contributed by atoms with van der Waals surface area (Å²) in [7, 11) is -3.17. The number of H-pyrrole nitrogens is 1. The summed E-state index contributed by atoms with van der Waals surface area (Å²) in [5.74, 6) is -2.86. The van der Waals surface area contributed by atoms with Crippen molar-refractivity contribution in [3.63, 3.8) is 0 Å². The Kier molecular flexibility index (Phi) is 9.10. The number of halogens is 3. The Labute approximate surface area is 236 Å². The molecule has 1 aromatic heterocycles. The Morgan fingerprint density at radius 2 is 1.78 bits per heavy atom. The maximum absolute atomic E-state index is 12.4. The van der Waals surface area contributed by atoms with Gasteiger partial charge in [-0.15, -0.1) is 0 Å². The predicted octanol–water partition coefficient (Wildman–Crippen LogP) is 4.52. The van der Waals surface area contributed by atoms with Crippen molar-refractivity contribution in [3.8, 4) is 11.1 Å². The molecule has 222 valence electrons. The molecule has 5 N–H and O–H groups in total. The second kappa shape index (κ2) is 12.2. The summed E-state index contributed by atoms with van der Waals surface area (Å²) in [6.45, 7) is 3.77. The SMILES string of the molecule is CCS(=O)(=O)N1CCC(c2c[nH]c3c(C(N)=O)cc(-c4cccc(C5CCCN5)c4)cc23)CC1.O=C(O)C(F)(F)F. The first-order valence-electron chi connectivity index (χ1n) is 13.4. The number of aromatic amines is 1. The standard InChI is InChI=1S/C26H32N4O3S.C2HF3O2/c1-2-34(32,33)30-11-8-17(9-12-30)23-16-29-25-21(23)14-20(15-22(25)26(27)31)18-5-3-6-19(13-18)24-7-4-10-28-24;3-2(4,5)1(6)7/h3,5-6,13-17,24,28-29H,2,4,7-12H2,1H3,(H2,27,31);(H,6,7). The molecular formula is C28H33F3N4O5S. The van der Waals surface area contributed by atoms with Crippen LogP contribution in [-0.4, -0.2) is 66.3 Å². The second-order valence-corrected chi connectivity index (χ2v) is 12.5. The molecule has 2 fully saturated rings. The van der Waals surface area contributed by atoms with E-state index in [0.29, 0.717) is 24.7 Å². The van der Waals surface area contributed by atoms with Gasteiger partial charge in [0.1, 0.15) is 0 Å². The van der Waals surface area contributed by atoms with Gasteiger partial charge in [0.05, 0.1) is 16.8 Å². The van der Waals surface area contributed by atoms with E-state index in [1.54, 1.807) is 11.2 Å². The summed E-state index contributed by atoms with van der Waals surface area (Å²) in [5.41, 5.74) is 11.4. The van der Waals surface area contributed by atoms with E-state index in [2.05, 4.69) is 40.6 Å². The fourth-order valence-electron chi connectivity index (χ4n) is 5.48.